The van der Waals surface area contributed by atoms with Crippen LogP contribution in [0.15, 0.2) is 73.1 Å². The lowest BCUT2D eigenvalue weighted by molar-refractivity contribution is -0.121. The van der Waals surface area contributed by atoms with Crippen molar-refractivity contribution in [1.82, 2.24) is 10.5 Å². The van der Waals surface area contributed by atoms with Gasteiger partial charge < -0.3 is 10.6 Å². The fraction of sp³-hybridized carbons (Fsp3) is 0.0833. The Morgan fingerprint density at radius 3 is 2.38 bits per heavy atom. The predicted octanol–water partition coefficient (Wildman–Crippen LogP) is 1.59. The molecule has 0 aliphatic carbocycles. The molecule has 0 unspecified atom stereocenters. The predicted molar refractivity (Wildman–Crippen MR) is 113 cm³/mol. The third-order valence-corrected chi connectivity index (χ3v) is 4.34. The molecule has 0 spiro atoms. The van der Waals surface area contributed by atoms with Crippen LogP contribution < -0.4 is 26.5 Å². The van der Waals surface area contributed by atoms with Gasteiger partial charge in [-0.1, -0.05) is 47.9 Å². The summed E-state index contributed by atoms with van der Waals surface area (Å²) in [5, 5.41) is 1.29. The molecule has 144 valence electrons. The van der Waals surface area contributed by atoms with Gasteiger partial charge in [0.2, 0.25) is 0 Å². The number of hydrogen-bond acceptors (Lipinski definition) is 4. The largest absolute Gasteiger partial charge is 0.401 e. The van der Waals surface area contributed by atoms with E-state index in [1.807, 2.05) is 49.4 Å². The van der Waals surface area contributed by atoms with Crippen LogP contribution >= 0.6 is 0 Å². The number of rotatable bonds is 5. The van der Waals surface area contributed by atoms with E-state index in [1.165, 1.54) is 0 Å². The van der Waals surface area contributed by atoms with Crippen LogP contribution in [-0.4, -0.2) is 10.9 Å². The molecule has 3 aromatic rings. The fourth-order valence-corrected chi connectivity index (χ4v) is 2.83. The van der Waals surface area contributed by atoms with Crippen LogP contribution in [0.4, 0.5) is 0 Å². The molecule has 3 N–H and O–H groups in total. The number of hydrogen-bond donors (Lipinski definition) is 2. The standard InChI is InChI=1S/C24H21N3O2/c1-3-20(24(28)27-29-19-10-8-17(2)9-11-19)21-6-4-5-7-22(21)23(25)16-18-12-14-26-15-13-18/h1,4-15H,16,25H2,2H3,(H,27,28)/b21-20+,23-22-. The molecule has 0 radical (unpaired) electrons. The summed E-state index contributed by atoms with van der Waals surface area (Å²) in [5.74, 6) is 2.46. The van der Waals surface area contributed by atoms with Gasteiger partial charge in [0, 0.05) is 34.9 Å². The van der Waals surface area contributed by atoms with E-state index in [0.29, 0.717) is 28.3 Å². The lowest BCUT2D eigenvalue weighted by Gasteiger charge is -2.08. The van der Waals surface area contributed by atoms with Gasteiger partial charge in [0.1, 0.15) is 0 Å². The topological polar surface area (TPSA) is 77.2 Å². The molecule has 0 atom stereocenters. The average molecular weight is 383 g/mol. The zero-order valence-electron chi connectivity index (χ0n) is 16.1. The number of benzene rings is 2. The first kappa shape index (κ1) is 19.7. The molecule has 0 aliphatic heterocycles. The number of nitrogens with one attached hydrogen (secondary N) is 1. The maximum atomic E-state index is 12.7. The first-order chi connectivity index (χ1) is 14.1. The summed E-state index contributed by atoms with van der Waals surface area (Å²) < 4.78 is 0. The van der Waals surface area contributed by atoms with E-state index in [2.05, 4.69) is 16.4 Å². The maximum absolute atomic E-state index is 12.7. The zero-order valence-corrected chi connectivity index (χ0v) is 16.1. The first-order valence-corrected chi connectivity index (χ1v) is 9.06. The molecule has 0 fully saturated rings. The van der Waals surface area contributed by atoms with Crippen molar-refractivity contribution >= 4 is 17.2 Å². The average Bonchev–Trinajstić information content (AvgIpc) is 2.75. The van der Waals surface area contributed by atoms with Gasteiger partial charge in [-0.3, -0.25) is 9.78 Å². The van der Waals surface area contributed by atoms with E-state index < -0.39 is 5.91 Å². The van der Waals surface area contributed by atoms with Crippen molar-refractivity contribution in [1.29, 1.82) is 0 Å². The van der Waals surface area contributed by atoms with Crippen molar-refractivity contribution in [2.45, 2.75) is 13.3 Å². The Bertz CT molecular complexity index is 1160. The monoisotopic (exact) mass is 383 g/mol. The minimum atomic E-state index is -0.516. The van der Waals surface area contributed by atoms with Crippen molar-refractivity contribution in [3.8, 4) is 18.1 Å². The van der Waals surface area contributed by atoms with E-state index >= 15 is 0 Å². The summed E-state index contributed by atoms with van der Waals surface area (Å²) in [6, 6.07) is 18.4. The van der Waals surface area contributed by atoms with Gasteiger partial charge in [-0.15, -0.1) is 6.42 Å². The number of terminal acetylenes is 1. The molecule has 2 aromatic carbocycles. The highest BCUT2D eigenvalue weighted by atomic mass is 16.7. The molecule has 0 bridgehead atoms. The highest BCUT2D eigenvalue weighted by molar-refractivity contribution is 6.18. The van der Waals surface area contributed by atoms with E-state index in [-0.39, 0.29) is 5.57 Å². The summed E-state index contributed by atoms with van der Waals surface area (Å²) >= 11 is 0. The van der Waals surface area contributed by atoms with Crippen LogP contribution in [0.2, 0.25) is 0 Å². The molecule has 1 heterocycles. The van der Waals surface area contributed by atoms with Gasteiger partial charge in [0.15, 0.2) is 5.75 Å². The minimum Gasteiger partial charge on any atom is -0.401 e. The Labute approximate surface area is 169 Å². The summed E-state index contributed by atoms with van der Waals surface area (Å²) in [4.78, 5) is 22.0. The zero-order chi connectivity index (χ0) is 20.6. The Morgan fingerprint density at radius 2 is 1.72 bits per heavy atom. The number of nitrogens with two attached hydrogens (primary N) is 1. The van der Waals surface area contributed by atoms with Gasteiger partial charge in [-0.05, 0) is 36.8 Å². The van der Waals surface area contributed by atoms with Gasteiger partial charge in [0.25, 0.3) is 5.91 Å². The van der Waals surface area contributed by atoms with Crippen LogP contribution in [0.3, 0.4) is 0 Å². The SMILES string of the molecule is C#C/C(C(=O)NOc1ccc(C)cc1)=c1/cccc/c1=C(/N)Cc1ccncc1. The number of carbonyl (C=O) groups is 1. The van der Waals surface area contributed by atoms with Gasteiger partial charge in [-0.2, -0.15) is 5.48 Å². The van der Waals surface area contributed by atoms with Crippen molar-refractivity contribution in [2.75, 3.05) is 0 Å². The molecular weight excluding hydrogens is 362 g/mol. The number of hydroxylamine groups is 1. The Kier molecular flexibility index (Phi) is 6.29. The normalized spacial score (nSPS) is 12.4. The second-order valence-electron chi connectivity index (χ2n) is 6.47. The molecule has 1 amide bonds. The summed E-state index contributed by atoms with van der Waals surface area (Å²) in [6.07, 6.45) is 9.59. The molecule has 0 aliphatic rings. The molecule has 3 rings (SSSR count). The quantitative estimate of drug-likeness (QED) is 0.518. The molecule has 5 heteroatoms. The molecule has 1 aromatic heterocycles. The Balaban J connectivity index is 1.95. The van der Waals surface area contributed by atoms with E-state index in [9.17, 15) is 4.79 Å². The number of aryl methyl sites for hydroxylation is 1. The molecule has 29 heavy (non-hydrogen) atoms. The summed E-state index contributed by atoms with van der Waals surface area (Å²) in [7, 11) is 0. The highest BCUT2D eigenvalue weighted by Crippen LogP contribution is 2.10. The third kappa shape index (κ3) is 5.02. The number of aromatic nitrogens is 1. The van der Waals surface area contributed by atoms with Gasteiger partial charge in [-0.25, -0.2) is 0 Å². The molecular formula is C24H21N3O2. The molecule has 0 saturated carbocycles. The van der Waals surface area contributed by atoms with E-state index in [1.54, 1.807) is 30.6 Å². The fourth-order valence-electron chi connectivity index (χ4n) is 2.83. The summed E-state index contributed by atoms with van der Waals surface area (Å²) in [6.45, 7) is 1.97. The maximum Gasteiger partial charge on any atom is 0.293 e. The second-order valence-corrected chi connectivity index (χ2v) is 6.47. The Hall–Kier alpha value is -4.04. The number of amides is 1. The van der Waals surface area contributed by atoms with Crippen LogP contribution in [-0.2, 0) is 11.2 Å². The van der Waals surface area contributed by atoms with Crippen LogP contribution in [0, 0.1) is 19.3 Å². The van der Waals surface area contributed by atoms with E-state index in [4.69, 9.17) is 17.0 Å². The van der Waals surface area contributed by atoms with Crippen LogP contribution in [0.5, 0.6) is 5.75 Å². The minimum absolute atomic E-state index is 0.144. The lowest BCUT2D eigenvalue weighted by atomic mass is 10.1. The van der Waals surface area contributed by atoms with Crippen molar-refractivity contribution in [3.63, 3.8) is 0 Å². The van der Waals surface area contributed by atoms with Crippen molar-refractivity contribution < 1.29 is 9.63 Å². The number of nitrogens with zero attached hydrogens (tertiary/aromatic N) is 1. The molecule has 0 saturated heterocycles. The smallest absolute Gasteiger partial charge is 0.293 e. The first-order valence-electron chi connectivity index (χ1n) is 9.06. The number of carbonyl (C=O) groups excluding carboxylic acids is 1. The van der Waals surface area contributed by atoms with Crippen LogP contribution in [0.25, 0.3) is 11.3 Å². The molecule has 5 nitrogen and oxygen atoms in total. The lowest BCUT2D eigenvalue weighted by Crippen LogP contribution is -2.37. The van der Waals surface area contributed by atoms with Crippen molar-refractivity contribution in [3.05, 3.63) is 94.6 Å². The van der Waals surface area contributed by atoms with Crippen LogP contribution in [0.1, 0.15) is 11.1 Å². The third-order valence-electron chi connectivity index (χ3n) is 4.34. The van der Waals surface area contributed by atoms with Gasteiger partial charge in [0.05, 0.1) is 5.57 Å². The Morgan fingerprint density at radius 1 is 1.07 bits per heavy atom. The summed E-state index contributed by atoms with van der Waals surface area (Å²) in [5.41, 5.74) is 11.6. The second kappa shape index (κ2) is 9.25. The van der Waals surface area contributed by atoms with E-state index in [0.717, 1.165) is 11.1 Å². The van der Waals surface area contributed by atoms with Crippen molar-refractivity contribution in [2.24, 2.45) is 5.73 Å². The number of pyridine rings is 1. The highest BCUT2D eigenvalue weighted by Gasteiger charge is 2.10. The van der Waals surface area contributed by atoms with Gasteiger partial charge >= 0.3 is 0 Å².